The van der Waals surface area contributed by atoms with Gasteiger partial charge in [0, 0.05) is 12.6 Å². The molecular weight excluding hydrogens is 411 g/mol. The summed E-state index contributed by atoms with van der Waals surface area (Å²) in [5.41, 5.74) is 1.26. The Kier molecular flexibility index (Phi) is 8.05. The molecule has 0 fully saturated rings. The first-order chi connectivity index (χ1) is 14.2. The largest absolute Gasteiger partial charge is 0.493 e. The molecule has 0 aliphatic heterocycles. The van der Waals surface area contributed by atoms with E-state index in [1.807, 2.05) is 0 Å². The molecule has 0 aliphatic rings. The molecule has 0 spiro atoms. The van der Waals surface area contributed by atoms with Crippen molar-refractivity contribution < 1.29 is 27.1 Å². The summed E-state index contributed by atoms with van der Waals surface area (Å²) in [4.78, 5) is 12.6. The molecule has 9 heteroatoms. The number of nitrogens with zero attached hydrogens (tertiary/aromatic N) is 1. The van der Waals surface area contributed by atoms with Crippen molar-refractivity contribution in [2.45, 2.75) is 25.8 Å². The Balaban J connectivity index is 2.06. The van der Waals surface area contributed by atoms with E-state index in [1.165, 1.54) is 39.3 Å². The predicted octanol–water partition coefficient (Wildman–Crippen LogP) is 2.75. The van der Waals surface area contributed by atoms with Gasteiger partial charge in [-0.3, -0.25) is 9.10 Å². The predicted molar refractivity (Wildman–Crippen MR) is 114 cm³/mol. The van der Waals surface area contributed by atoms with E-state index in [4.69, 9.17) is 9.47 Å². The van der Waals surface area contributed by atoms with Crippen molar-refractivity contribution in [3.05, 3.63) is 53.8 Å². The molecule has 1 unspecified atom stereocenters. The van der Waals surface area contributed by atoms with Gasteiger partial charge >= 0.3 is 0 Å². The Hall–Kier alpha value is -2.81. The summed E-state index contributed by atoms with van der Waals surface area (Å²) in [6.07, 6.45) is 2.35. The minimum Gasteiger partial charge on any atom is -0.493 e. The van der Waals surface area contributed by atoms with Gasteiger partial charge in [-0.25, -0.2) is 12.8 Å². The van der Waals surface area contributed by atoms with Crippen LogP contribution in [0.4, 0.5) is 10.1 Å². The molecule has 30 heavy (non-hydrogen) atoms. The normalized spacial score (nSPS) is 12.2. The molecule has 0 bridgehead atoms. The third-order valence-electron chi connectivity index (χ3n) is 4.56. The van der Waals surface area contributed by atoms with Gasteiger partial charge < -0.3 is 14.8 Å². The summed E-state index contributed by atoms with van der Waals surface area (Å²) in [7, 11) is -0.816. The summed E-state index contributed by atoms with van der Waals surface area (Å²) in [6.45, 7) is 1.89. The highest BCUT2D eigenvalue weighted by Gasteiger charge is 2.29. The van der Waals surface area contributed by atoms with Crippen LogP contribution in [0.2, 0.25) is 0 Å². The second-order valence-corrected chi connectivity index (χ2v) is 8.65. The number of aryl methyl sites for hydroxylation is 1. The zero-order valence-electron chi connectivity index (χ0n) is 17.5. The molecule has 2 aromatic rings. The molecule has 1 N–H and O–H groups in total. The second kappa shape index (κ2) is 10.3. The van der Waals surface area contributed by atoms with Crippen LogP contribution in [0.25, 0.3) is 0 Å². The molecule has 1 atom stereocenters. The van der Waals surface area contributed by atoms with E-state index in [0.29, 0.717) is 36.6 Å². The number of hydrogen-bond donors (Lipinski definition) is 1. The van der Waals surface area contributed by atoms with Crippen LogP contribution in [0.5, 0.6) is 11.5 Å². The van der Waals surface area contributed by atoms with Crippen molar-refractivity contribution >= 4 is 21.6 Å². The fraction of sp³-hybridized carbons (Fsp3) is 0.381. The Morgan fingerprint density at radius 1 is 1.10 bits per heavy atom. The van der Waals surface area contributed by atoms with Crippen molar-refractivity contribution in [3.63, 3.8) is 0 Å². The Morgan fingerprint density at radius 3 is 2.30 bits per heavy atom. The molecule has 0 saturated heterocycles. The Labute approximate surface area is 176 Å². The maximum Gasteiger partial charge on any atom is 0.243 e. The highest BCUT2D eigenvalue weighted by Crippen LogP contribution is 2.33. The number of carbonyl (C=O) groups is 1. The van der Waals surface area contributed by atoms with E-state index >= 15 is 0 Å². The minimum absolute atomic E-state index is 0.295. The van der Waals surface area contributed by atoms with Crippen LogP contribution in [0.15, 0.2) is 42.5 Å². The second-order valence-electron chi connectivity index (χ2n) is 6.80. The quantitative estimate of drug-likeness (QED) is 0.577. The molecule has 7 nitrogen and oxygen atoms in total. The summed E-state index contributed by atoms with van der Waals surface area (Å²) in [5.74, 6) is 0.0920. The fourth-order valence-electron chi connectivity index (χ4n) is 3.07. The third kappa shape index (κ3) is 6.09. The average molecular weight is 439 g/mol. The molecule has 0 radical (unpaired) electrons. The molecule has 2 rings (SSSR count). The van der Waals surface area contributed by atoms with E-state index in [2.05, 4.69) is 5.32 Å². The average Bonchev–Trinajstić information content (AvgIpc) is 2.71. The standard InChI is InChI=1S/C21H27FN2O5S/c1-15(21(25)23-13-5-6-16-7-9-17(22)10-8-16)24(30(4,26)27)18-11-12-19(28-2)20(14-18)29-3/h7-12,14-15H,5-6,13H2,1-4H3,(H,23,25). The van der Waals surface area contributed by atoms with Crippen LogP contribution in [0, 0.1) is 5.82 Å². The first-order valence-corrected chi connectivity index (χ1v) is 11.3. The number of halogens is 1. The van der Waals surface area contributed by atoms with E-state index in [1.54, 1.807) is 24.3 Å². The van der Waals surface area contributed by atoms with Gasteiger partial charge in [-0.2, -0.15) is 0 Å². The zero-order chi connectivity index (χ0) is 22.3. The summed E-state index contributed by atoms with van der Waals surface area (Å²) >= 11 is 0. The lowest BCUT2D eigenvalue weighted by molar-refractivity contribution is -0.121. The smallest absolute Gasteiger partial charge is 0.243 e. The molecular formula is C21H27FN2O5S. The van der Waals surface area contributed by atoms with E-state index in [9.17, 15) is 17.6 Å². The van der Waals surface area contributed by atoms with Gasteiger partial charge in [0.2, 0.25) is 15.9 Å². The number of nitrogens with one attached hydrogen (secondary N) is 1. The first-order valence-electron chi connectivity index (χ1n) is 9.41. The number of rotatable bonds is 10. The number of amides is 1. The first kappa shape index (κ1) is 23.5. The van der Waals surface area contributed by atoms with Crippen LogP contribution in [0.1, 0.15) is 18.9 Å². The maximum atomic E-state index is 12.9. The number of ether oxygens (including phenoxy) is 2. The number of anilines is 1. The molecule has 1 amide bonds. The van der Waals surface area contributed by atoms with Gasteiger partial charge in [0.1, 0.15) is 11.9 Å². The molecule has 0 heterocycles. The monoisotopic (exact) mass is 438 g/mol. The lowest BCUT2D eigenvalue weighted by atomic mass is 10.1. The van der Waals surface area contributed by atoms with Crippen molar-refractivity contribution in [1.29, 1.82) is 0 Å². The molecule has 164 valence electrons. The van der Waals surface area contributed by atoms with Crippen molar-refractivity contribution in [2.24, 2.45) is 0 Å². The maximum absolute atomic E-state index is 12.9. The summed E-state index contributed by atoms with van der Waals surface area (Å²) in [6, 6.07) is 9.86. The number of benzene rings is 2. The van der Waals surface area contributed by atoms with Crippen molar-refractivity contribution in [1.82, 2.24) is 5.32 Å². The van der Waals surface area contributed by atoms with Gasteiger partial charge in [0.05, 0.1) is 26.2 Å². The molecule has 0 aromatic heterocycles. The van der Waals surface area contributed by atoms with Gasteiger partial charge in [0.25, 0.3) is 0 Å². The zero-order valence-corrected chi connectivity index (χ0v) is 18.3. The van der Waals surface area contributed by atoms with Gasteiger partial charge in [-0.15, -0.1) is 0 Å². The topological polar surface area (TPSA) is 84.9 Å². The lowest BCUT2D eigenvalue weighted by Gasteiger charge is -2.28. The number of carbonyl (C=O) groups excluding carboxylic acids is 1. The van der Waals surface area contributed by atoms with Crippen molar-refractivity contribution in [2.75, 3.05) is 31.3 Å². The lowest BCUT2D eigenvalue weighted by Crippen LogP contribution is -2.48. The SMILES string of the molecule is COc1ccc(N(C(C)C(=O)NCCCc2ccc(F)cc2)S(C)(=O)=O)cc1OC. The minimum atomic E-state index is -3.74. The van der Waals surface area contributed by atoms with Gasteiger partial charge in [0.15, 0.2) is 11.5 Å². The van der Waals surface area contributed by atoms with Gasteiger partial charge in [-0.05, 0) is 49.6 Å². The molecule has 2 aromatic carbocycles. The van der Waals surface area contributed by atoms with Crippen LogP contribution in [0.3, 0.4) is 0 Å². The Morgan fingerprint density at radius 2 is 1.73 bits per heavy atom. The highest BCUT2D eigenvalue weighted by atomic mass is 32.2. The highest BCUT2D eigenvalue weighted by molar-refractivity contribution is 7.92. The molecule has 0 saturated carbocycles. The fourth-order valence-corrected chi connectivity index (χ4v) is 4.24. The Bertz CT molecular complexity index is 964. The third-order valence-corrected chi connectivity index (χ3v) is 5.81. The number of methoxy groups -OCH3 is 2. The van der Waals surface area contributed by atoms with E-state index in [0.717, 1.165) is 16.1 Å². The number of hydrogen-bond acceptors (Lipinski definition) is 5. The summed E-state index contributed by atoms with van der Waals surface area (Å²) < 4.78 is 49.2. The van der Waals surface area contributed by atoms with Gasteiger partial charge in [-0.1, -0.05) is 12.1 Å². The van der Waals surface area contributed by atoms with Crippen LogP contribution in [-0.4, -0.2) is 47.4 Å². The van der Waals surface area contributed by atoms with E-state index < -0.39 is 22.0 Å². The van der Waals surface area contributed by atoms with Crippen LogP contribution < -0.4 is 19.1 Å². The number of sulfonamides is 1. The van der Waals surface area contributed by atoms with Crippen molar-refractivity contribution in [3.8, 4) is 11.5 Å². The van der Waals surface area contributed by atoms with Crippen LogP contribution in [-0.2, 0) is 21.2 Å². The van der Waals surface area contributed by atoms with Crippen LogP contribution >= 0.6 is 0 Å². The van der Waals surface area contributed by atoms with E-state index in [-0.39, 0.29) is 5.82 Å². The molecule has 0 aliphatic carbocycles. The summed E-state index contributed by atoms with van der Waals surface area (Å²) in [5, 5.41) is 2.76.